The maximum Gasteiger partial charge on any atom is 0.318 e. The number of sulfonamides is 1. The van der Waals surface area contributed by atoms with E-state index >= 15 is 0 Å². The normalized spacial score (nSPS) is 12.2. The molecule has 0 unspecified atom stereocenters. The molecule has 2 aromatic rings. The number of fused-ring (bicyclic) bond motifs is 1. The van der Waals surface area contributed by atoms with Crippen molar-refractivity contribution in [1.29, 1.82) is 0 Å². The highest BCUT2D eigenvalue weighted by atomic mass is 32.2. The number of para-hydroxylation sites is 1. The second-order valence-electron chi connectivity index (χ2n) is 5.38. The van der Waals surface area contributed by atoms with Gasteiger partial charge in [-0.05, 0) is 38.5 Å². The zero-order valence-corrected chi connectivity index (χ0v) is 13.5. The summed E-state index contributed by atoms with van der Waals surface area (Å²) in [5.74, 6) is -1.19. The fourth-order valence-electron chi connectivity index (χ4n) is 2.26. The van der Waals surface area contributed by atoms with Crippen molar-refractivity contribution in [3.05, 3.63) is 36.0 Å². The Labute approximate surface area is 129 Å². The number of benzene rings is 1. The van der Waals surface area contributed by atoms with Crippen molar-refractivity contribution in [2.24, 2.45) is 0 Å². The van der Waals surface area contributed by atoms with E-state index in [2.05, 4.69) is 4.98 Å². The number of carbonyl (C=O) groups is 1. The first kappa shape index (κ1) is 16.4. The van der Waals surface area contributed by atoms with Crippen molar-refractivity contribution in [2.75, 3.05) is 6.54 Å². The maximum absolute atomic E-state index is 12.8. The number of hydrogen-bond donors (Lipinski definition) is 1. The standard InChI is InChI=1S/C15H18N2O4S/c1-10(2)17(9-14(18)19)22(20,21)13-6-4-5-12-7-11(3)8-16-15(12)13/h4-8,10H,9H2,1-3H3,(H,18,19). The van der Waals surface area contributed by atoms with Gasteiger partial charge in [0, 0.05) is 17.6 Å². The van der Waals surface area contributed by atoms with Gasteiger partial charge in [-0.3, -0.25) is 9.78 Å². The van der Waals surface area contributed by atoms with Gasteiger partial charge >= 0.3 is 5.97 Å². The van der Waals surface area contributed by atoms with E-state index in [0.29, 0.717) is 10.9 Å². The molecule has 22 heavy (non-hydrogen) atoms. The van der Waals surface area contributed by atoms with Crippen LogP contribution < -0.4 is 0 Å². The molecule has 0 aliphatic heterocycles. The van der Waals surface area contributed by atoms with E-state index < -0.39 is 28.6 Å². The fourth-order valence-corrected chi connectivity index (χ4v) is 4.01. The van der Waals surface area contributed by atoms with Crippen molar-refractivity contribution < 1.29 is 18.3 Å². The van der Waals surface area contributed by atoms with Gasteiger partial charge in [-0.1, -0.05) is 12.1 Å². The Morgan fingerprint density at radius 2 is 2.05 bits per heavy atom. The summed E-state index contributed by atoms with van der Waals surface area (Å²) in [5, 5.41) is 9.68. The average molecular weight is 322 g/mol. The minimum Gasteiger partial charge on any atom is -0.480 e. The Balaban J connectivity index is 2.64. The quantitative estimate of drug-likeness (QED) is 0.910. The Hall–Kier alpha value is -1.99. The van der Waals surface area contributed by atoms with Crippen LogP contribution in [0.4, 0.5) is 0 Å². The average Bonchev–Trinajstić information content (AvgIpc) is 2.43. The number of carboxylic acid groups (broad SMARTS) is 1. The molecule has 1 aromatic heterocycles. The summed E-state index contributed by atoms with van der Waals surface area (Å²) in [6, 6.07) is 6.25. The molecule has 0 aliphatic carbocycles. The van der Waals surface area contributed by atoms with Crippen LogP contribution in [0.25, 0.3) is 10.9 Å². The van der Waals surface area contributed by atoms with Gasteiger partial charge in [-0.2, -0.15) is 4.31 Å². The highest BCUT2D eigenvalue weighted by Gasteiger charge is 2.30. The van der Waals surface area contributed by atoms with Gasteiger partial charge < -0.3 is 5.11 Å². The summed E-state index contributed by atoms with van der Waals surface area (Å²) in [6.07, 6.45) is 1.60. The van der Waals surface area contributed by atoms with E-state index in [9.17, 15) is 13.2 Å². The molecule has 1 N–H and O–H groups in total. The molecule has 1 aromatic carbocycles. The second-order valence-corrected chi connectivity index (χ2v) is 7.24. The van der Waals surface area contributed by atoms with Gasteiger partial charge in [0.1, 0.15) is 11.4 Å². The lowest BCUT2D eigenvalue weighted by Gasteiger charge is -2.24. The molecule has 0 atom stereocenters. The van der Waals surface area contributed by atoms with Crippen LogP contribution in [0.5, 0.6) is 0 Å². The minimum atomic E-state index is -3.94. The Bertz CT molecular complexity index is 815. The van der Waals surface area contributed by atoms with E-state index in [1.807, 2.05) is 13.0 Å². The Kier molecular flexibility index (Phi) is 4.48. The van der Waals surface area contributed by atoms with Crippen LogP contribution in [-0.2, 0) is 14.8 Å². The number of pyridine rings is 1. The molecule has 0 spiro atoms. The van der Waals surface area contributed by atoms with E-state index in [0.717, 1.165) is 9.87 Å². The number of carboxylic acids is 1. The van der Waals surface area contributed by atoms with Crippen LogP contribution >= 0.6 is 0 Å². The van der Waals surface area contributed by atoms with Gasteiger partial charge in [-0.25, -0.2) is 8.42 Å². The molecule has 0 saturated carbocycles. The number of aromatic nitrogens is 1. The molecule has 0 saturated heterocycles. The van der Waals surface area contributed by atoms with E-state index in [1.165, 1.54) is 6.07 Å². The third kappa shape index (κ3) is 3.10. The van der Waals surface area contributed by atoms with Crippen LogP contribution in [-0.4, -0.2) is 41.4 Å². The highest BCUT2D eigenvalue weighted by Crippen LogP contribution is 2.25. The first-order chi connectivity index (χ1) is 10.2. The monoisotopic (exact) mass is 322 g/mol. The summed E-state index contributed by atoms with van der Waals surface area (Å²) in [4.78, 5) is 15.2. The topological polar surface area (TPSA) is 87.6 Å². The number of rotatable bonds is 5. The summed E-state index contributed by atoms with van der Waals surface area (Å²) in [7, 11) is -3.94. The SMILES string of the molecule is Cc1cnc2c(S(=O)(=O)N(CC(=O)O)C(C)C)cccc2c1. The summed E-state index contributed by atoms with van der Waals surface area (Å²) < 4.78 is 26.6. The van der Waals surface area contributed by atoms with Crippen LogP contribution in [0.2, 0.25) is 0 Å². The molecule has 0 fully saturated rings. The number of nitrogens with zero attached hydrogens (tertiary/aromatic N) is 2. The third-order valence-electron chi connectivity index (χ3n) is 3.26. The number of hydrogen-bond acceptors (Lipinski definition) is 4. The van der Waals surface area contributed by atoms with Gasteiger partial charge in [0.05, 0.1) is 5.52 Å². The lowest BCUT2D eigenvalue weighted by molar-refractivity contribution is -0.137. The van der Waals surface area contributed by atoms with Crippen LogP contribution in [0, 0.1) is 6.92 Å². The van der Waals surface area contributed by atoms with Crippen molar-refractivity contribution in [3.8, 4) is 0 Å². The maximum atomic E-state index is 12.8. The van der Waals surface area contributed by atoms with Crippen molar-refractivity contribution >= 4 is 26.9 Å². The zero-order valence-electron chi connectivity index (χ0n) is 12.6. The van der Waals surface area contributed by atoms with Crippen LogP contribution in [0.15, 0.2) is 35.4 Å². The fraction of sp³-hybridized carbons (Fsp3) is 0.333. The molecule has 1 heterocycles. The van der Waals surface area contributed by atoms with Crippen LogP contribution in [0.3, 0.4) is 0 Å². The first-order valence-corrected chi connectivity index (χ1v) is 8.26. The predicted octanol–water partition coefficient (Wildman–Crippen LogP) is 2.03. The zero-order chi connectivity index (χ0) is 16.5. The van der Waals surface area contributed by atoms with Gasteiger partial charge in [0.2, 0.25) is 10.0 Å². The molecule has 7 heteroatoms. The highest BCUT2D eigenvalue weighted by molar-refractivity contribution is 7.89. The van der Waals surface area contributed by atoms with Gasteiger partial charge in [-0.15, -0.1) is 0 Å². The summed E-state index contributed by atoms with van der Waals surface area (Å²) in [5.41, 5.74) is 1.28. The molecule has 0 aliphatic rings. The predicted molar refractivity (Wildman–Crippen MR) is 83.1 cm³/mol. The second kappa shape index (κ2) is 6.02. The Morgan fingerprint density at radius 1 is 1.36 bits per heavy atom. The lowest BCUT2D eigenvalue weighted by atomic mass is 10.2. The molecule has 2 rings (SSSR count). The molecular weight excluding hydrogens is 304 g/mol. The Morgan fingerprint density at radius 3 is 2.64 bits per heavy atom. The molecule has 0 bridgehead atoms. The molecular formula is C15H18N2O4S. The molecule has 6 nitrogen and oxygen atoms in total. The molecule has 0 radical (unpaired) electrons. The van der Waals surface area contributed by atoms with Crippen molar-refractivity contribution in [1.82, 2.24) is 9.29 Å². The number of aryl methyl sites for hydroxylation is 1. The smallest absolute Gasteiger partial charge is 0.318 e. The van der Waals surface area contributed by atoms with E-state index in [1.54, 1.807) is 32.2 Å². The summed E-state index contributed by atoms with van der Waals surface area (Å²) >= 11 is 0. The van der Waals surface area contributed by atoms with Gasteiger partial charge in [0.15, 0.2) is 0 Å². The lowest BCUT2D eigenvalue weighted by Crippen LogP contribution is -2.40. The van der Waals surface area contributed by atoms with Crippen molar-refractivity contribution in [3.63, 3.8) is 0 Å². The van der Waals surface area contributed by atoms with Gasteiger partial charge in [0.25, 0.3) is 0 Å². The minimum absolute atomic E-state index is 0.0277. The van der Waals surface area contributed by atoms with E-state index in [4.69, 9.17) is 5.11 Å². The molecule has 0 amide bonds. The largest absolute Gasteiger partial charge is 0.480 e. The van der Waals surface area contributed by atoms with E-state index in [-0.39, 0.29) is 4.90 Å². The number of aliphatic carboxylic acids is 1. The summed E-state index contributed by atoms with van der Waals surface area (Å²) in [6.45, 7) is 4.58. The van der Waals surface area contributed by atoms with Crippen LogP contribution in [0.1, 0.15) is 19.4 Å². The van der Waals surface area contributed by atoms with Crippen molar-refractivity contribution in [2.45, 2.75) is 31.7 Å². The molecule has 118 valence electrons. The first-order valence-electron chi connectivity index (χ1n) is 6.82. The third-order valence-corrected chi connectivity index (χ3v) is 5.32.